The van der Waals surface area contributed by atoms with Gasteiger partial charge in [0.15, 0.2) is 0 Å². The number of nitrogens with zero attached hydrogens (tertiary/aromatic N) is 1. The summed E-state index contributed by atoms with van der Waals surface area (Å²) in [7, 11) is 0. The van der Waals surface area contributed by atoms with Gasteiger partial charge in [-0.1, -0.05) is 0 Å². The monoisotopic (exact) mass is 197 g/mol. The first kappa shape index (κ1) is 9.16. The minimum atomic E-state index is -0.0681. The Morgan fingerprint density at radius 3 is 2.62 bits per heavy atom. The molecule has 0 radical (unpaired) electrons. The Morgan fingerprint density at radius 1 is 1.46 bits per heavy atom. The Hall–Kier alpha value is -0.410. The van der Waals surface area contributed by atoms with Gasteiger partial charge in [0, 0.05) is 4.88 Å². The van der Waals surface area contributed by atoms with Crippen LogP contribution in [-0.4, -0.2) is 16.2 Å². The standard InChI is InChI=1S/C10H15NOS/c1-6-9(11-7(2)13-6)5-8-3-4-10(8)12/h8,10,12H,3-5H2,1-2H3. The van der Waals surface area contributed by atoms with Gasteiger partial charge in [-0.25, -0.2) is 4.98 Å². The number of aliphatic hydroxyl groups is 1. The average Bonchev–Trinajstić information content (AvgIpc) is 2.38. The van der Waals surface area contributed by atoms with Gasteiger partial charge in [-0.15, -0.1) is 11.3 Å². The van der Waals surface area contributed by atoms with E-state index >= 15 is 0 Å². The summed E-state index contributed by atoms with van der Waals surface area (Å²) in [6, 6.07) is 0. The van der Waals surface area contributed by atoms with E-state index in [4.69, 9.17) is 0 Å². The average molecular weight is 197 g/mol. The zero-order valence-corrected chi connectivity index (χ0v) is 8.90. The van der Waals surface area contributed by atoms with E-state index in [1.54, 1.807) is 11.3 Å². The van der Waals surface area contributed by atoms with Gasteiger partial charge in [-0.05, 0) is 39.0 Å². The van der Waals surface area contributed by atoms with Crippen LogP contribution in [0.15, 0.2) is 0 Å². The van der Waals surface area contributed by atoms with Crippen molar-refractivity contribution in [2.75, 3.05) is 0 Å². The fourth-order valence-electron chi connectivity index (χ4n) is 1.80. The Bertz CT molecular complexity index is 308. The van der Waals surface area contributed by atoms with Crippen molar-refractivity contribution in [3.8, 4) is 0 Å². The van der Waals surface area contributed by atoms with E-state index in [0.29, 0.717) is 5.92 Å². The molecule has 0 aromatic carbocycles. The molecule has 0 amide bonds. The van der Waals surface area contributed by atoms with E-state index in [1.807, 2.05) is 6.92 Å². The summed E-state index contributed by atoms with van der Waals surface area (Å²) >= 11 is 1.75. The lowest BCUT2D eigenvalue weighted by atomic mass is 9.79. The van der Waals surface area contributed by atoms with Gasteiger partial charge in [0.25, 0.3) is 0 Å². The molecule has 1 aromatic rings. The number of thiazole rings is 1. The van der Waals surface area contributed by atoms with Crippen molar-refractivity contribution in [1.29, 1.82) is 0 Å². The molecule has 1 saturated carbocycles. The molecule has 1 aliphatic rings. The Labute approximate surface area is 82.6 Å². The highest BCUT2D eigenvalue weighted by atomic mass is 32.1. The lowest BCUT2D eigenvalue weighted by Crippen LogP contribution is -2.32. The molecule has 13 heavy (non-hydrogen) atoms. The number of hydrogen-bond donors (Lipinski definition) is 1. The molecule has 2 atom stereocenters. The second-order valence-corrected chi connectivity index (χ2v) is 5.25. The van der Waals surface area contributed by atoms with Crippen LogP contribution < -0.4 is 0 Å². The lowest BCUT2D eigenvalue weighted by molar-refractivity contribution is 0.0239. The van der Waals surface area contributed by atoms with Crippen LogP contribution in [0.5, 0.6) is 0 Å². The molecule has 2 rings (SSSR count). The van der Waals surface area contributed by atoms with E-state index in [9.17, 15) is 5.11 Å². The van der Waals surface area contributed by atoms with Crippen LogP contribution in [0.1, 0.15) is 28.4 Å². The van der Waals surface area contributed by atoms with Crippen molar-refractivity contribution < 1.29 is 5.11 Å². The molecular weight excluding hydrogens is 182 g/mol. The third-order valence-corrected chi connectivity index (χ3v) is 3.76. The molecule has 1 aromatic heterocycles. The molecule has 1 fully saturated rings. The minimum Gasteiger partial charge on any atom is -0.393 e. The molecule has 3 heteroatoms. The first-order valence-electron chi connectivity index (χ1n) is 4.78. The Morgan fingerprint density at radius 2 is 2.23 bits per heavy atom. The first-order chi connectivity index (χ1) is 6.16. The molecule has 1 N–H and O–H groups in total. The molecule has 0 spiro atoms. The summed E-state index contributed by atoms with van der Waals surface area (Å²) in [5.41, 5.74) is 1.20. The summed E-state index contributed by atoms with van der Waals surface area (Å²) in [5, 5.41) is 10.6. The molecular formula is C10H15NOS. The predicted molar refractivity (Wildman–Crippen MR) is 54.0 cm³/mol. The first-order valence-corrected chi connectivity index (χ1v) is 5.59. The van der Waals surface area contributed by atoms with E-state index in [2.05, 4.69) is 11.9 Å². The second-order valence-electron chi connectivity index (χ2n) is 3.84. The molecule has 0 bridgehead atoms. The van der Waals surface area contributed by atoms with Crippen molar-refractivity contribution in [2.24, 2.45) is 5.92 Å². The molecule has 1 heterocycles. The van der Waals surface area contributed by atoms with Gasteiger partial charge in [0.2, 0.25) is 0 Å². The molecule has 1 aliphatic carbocycles. The largest absolute Gasteiger partial charge is 0.393 e. The second kappa shape index (κ2) is 3.39. The summed E-state index contributed by atoms with van der Waals surface area (Å²) in [6.07, 6.45) is 3.04. The summed E-state index contributed by atoms with van der Waals surface area (Å²) in [6.45, 7) is 4.16. The highest BCUT2D eigenvalue weighted by molar-refractivity contribution is 7.11. The normalized spacial score (nSPS) is 27.3. The molecule has 0 saturated heterocycles. The smallest absolute Gasteiger partial charge is 0.0900 e. The van der Waals surface area contributed by atoms with Crippen molar-refractivity contribution in [2.45, 2.75) is 39.2 Å². The summed E-state index contributed by atoms with van der Waals surface area (Å²) in [4.78, 5) is 5.79. The van der Waals surface area contributed by atoms with E-state index < -0.39 is 0 Å². The SMILES string of the molecule is Cc1nc(CC2CCC2O)c(C)s1. The summed E-state index contributed by atoms with van der Waals surface area (Å²) < 4.78 is 0. The maximum Gasteiger partial charge on any atom is 0.0900 e. The minimum absolute atomic E-state index is 0.0681. The van der Waals surface area contributed by atoms with Crippen LogP contribution in [0.3, 0.4) is 0 Å². The third kappa shape index (κ3) is 1.76. The molecule has 72 valence electrons. The van der Waals surface area contributed by atoms with Crippen molar-refractivity contribution in [1.82, 2.24) is 4.98 Å². The maximum absolute atomic E-state index is 9.44. The quantitative estimate of drug-likeness (QED) is 0.787. The predicted octanol–water partition coefficient (Wildman–Crippen LogP) is 2.07. The fraction of sp³-hybridized carbons (Fsp3) is 0.700. The van der Waals surface area contributed by atoms with Gasteiger partial charge < -0.3 is 5.11 Å². The van der Waals surface area contributed by atoms with Crippen LogP contribution in [0, 0.1) is 19.8 Å². The van der Waals surface area contributed by atoms with Gasteiger partial charge in [-0.3, -0.25) is 0 Å². The van der Waals surface area contributed by atoms with Crippen LogP contribution in [0.25, 0.3) is 0 Å². The van der Waals surface area contributed by atoms with Gasteiger partial charge in [0.05, 0.1) is 16.8 Å². The third-order valence-electron chi connectivity index (χ3n) is 2.83. The highest BCUT2D eigenvalue weighted by Crippen LogP contribution is 2.31. The van der Waals surface area contributed by atoms with Crippen LogP contribution >= 0.6 is 11.3 Å². The number of aryl methyl sites for hydroxylation is 2. The van der Waals surface area contributed by atoms with E-state index in [-0.39, 0.29) is 6.10 Å². The van der Waals surface area contributed by atoms with Crippen LogP contribution in [-0.2, 0) is 6.42 Å². The number of aliphatic hydroxyl groups excluding tert-OH is 1. The zero-order valence-electron chi connectivity index (χ0n) is 8.08. The van der Waals surface area contributed by atoms with Gasteiger partial charge in [-0.2, -0.15) is 0 Å². The highest BCUT2D eigenvalue weighted by Gasteiger charge is 2.29. The van der Waals surface area contributed by atoms with Crippen molar-refractivity contribution in [3.05, 3.63) is 15.6 Å². The fourth-order valence-corrected chi connectivity index (χ4v) is 2.65. The Kier molecular flexibility index (Phi) is 2.39. The molecule has 2 nitrogen and oxygen atoms in total. The Balaban J connectivity index is 2.04. The van der Waals surface area contributed by atoms with E-state index in [1.165, 1.54) is 10.6 Å². The molecule has 2 unspecified atom stereocenters. The summed E-state index contributed by atoms with van der Waals surface area (Å²) in [5.74, 6) is 0.472. The number of aromatic nitrogens is 1. The van der Waals surface area contributed by atoms with Crippen molar-refractivity contribution in [3.63, 3.8) is 0 Å². The molecule has 0 aliphatic heterocycles. The zero-order chi connectivity index (χ0) is 9.42. The van der Waals surface area contributed by atoms with E-state index in [0.717, 1.165) is 24.3 Å². The number of hydrogen-bond acceptors (Lipinski definition) is 3. The maximum atomic E-state index is 9.44. The topological polar surface area (TPSA) is 33.1 Å². The van der Waals surface area contributed by atoms with Crippen LogP contribution in [0.2, 0.25) is 0 Å². The lowest BCUT2D eigenvalue weighted by Gasteiger charge is -2.31. The van der Waals surface area contributed by atoms with Crippen LogP contribution in [0.4, 0.5) is 0 Å². The van der Waals surface area contributed by atoms with Crippen molar-refractivity contribution >= 4 is 11.3 Å². The number of rotatable bonds is 2. The van der Waals surface area contributed by atoms with Gasteiger partial charge >= 0.3 is 0 Å². The van der Waals surface area contributed by atoms with Gasteiger partial charge in [0.1, 0.15) is 0 Å².